The van der Waals surface area contributed by atoms with Crippen LogP contribution in [0.1, 0.15) is 36.5 Å². The first kappa shape index (κ1) is 31.5. The molecule has 1 aliphatic heterocycles. The fourth-order valence-electron chi connectivity index (χ4n) is 5.97. The first-order valence-electron chi connectivity index (χ1n) is 14.5. The van der Waals surface area contributed by atoms with Crippen molar-refractivity contribution >= 4 is 44.2 Å². The lowest BCUT2D eigenvalue weighted by Gasteiger charge is -2.32. The molecule has 4 aromatic rings. The van der Waals surface area contributed by atoms with E-state index in [0.717, 1.165) is 50.7 Å². The number of aliphatic hydroxyl groups excluding tert-OH is 1. The van der Waals surface area contributed by atoms with Crippen molar-refractivity contribution in [1.29, 1.82) is 0 Å². The number of methoxy groups -OCH3 is 1. The number of hydrogen-bond donors (Lipinski definition) is 3. The van der Waals surface area contributed by atoms with Gasteiger partial charge in [0.25, 0.3) is 10.0 Å². The molecule has 238 valence electrons. The molecule has 0 radical (unpaired) electrons. The van der Waals surface area contributed by atoms with Crippen LogP contribution >= 0.6 is 11.6 Å². The summed E-state index contributed by atoms with van der Waals surface area (Å²) in [6.07, 6.45) is 2.90. The number of fused-ring (bicyclic) bond motifs is 2. The number of aliphatic hydroxyl groups is 1. The number of sulfonamides is 1. The Morgan fingerprint density at radius 2 is 1.87 bits per heavy atom. The normalized spacial score (nSPS) is 17.5. The fraction of sp³-hybridized carbons (Fsp3) is 0.355. The van der Waals surface area contributed by atoms with E-state index in [9.17, 15) is 13.5 Å². The number of ether oxygens (including phenoxy) is 1. The minimum atomic E-state index is -4.43. The number of anilines is 2. The van der Waals surface area contributed by atoms with Gasteiger partial charge in [0.05, 0.1) is 34.4 Å². The van der Waals surface area contributed by atoms with E-state index < -0.39 is 50.4 Å². The first-order chi connectivity index (χ1) is 21.5. The van der Waals surface area contributed by atoms with Crippen LogP contribution in [0, 0.1) is 17.5 Å². The highest BCUT2D eigenvalue weighted by molar-refractivity contribution is 7.92. The Labute approximate surface area is 263 Å². The van der Waals surface area contributed by atoms with Gasteiger partial charge in [0.2, 0.25) is 5.95 Å². The van der Waals surface area contributed by atoms with Crippen LogP contribution in [0.15, 0.2) is 47.5 Å². The molecule has 3 aromatic carbocycles. The standard InChI is InChI=1S/C31H31ClF3N5O4S/c1-44-11-10-40-8-6-19(7-9-40)37-31-36-16-17-12-22(24(34)15-26(17)38-31)29-23(33)3-4-25(30(29)35)39-45(42,43)28-14-18(32)13-21-20(28)2-5-27(21)41/h3-4,12-16,19,27,39,41H,2,5-11H2,1H3,(H,36,37,38). The molecule has 6 rings (SSSR count). The van der Waals surface area contributed by atoms with Gasteiger partial charge >= 0.3 is 0 Å². The summed E-state index contributed by atoms with van der Waals surface area (Å²) in [5, 5.41) is 13.9. The Morgan fingerprint density at radius 3 is 2.62 bits per heavy atom. The summed E-state index contributed by atoms with van der Waals surface area (Å²) in [5.74, 6) is -3.01. The number of hydrogen-bond acceptors (Lipinski definition) is 8. The Morgan fingerprint density at radius 1 is 1.09 bits per heavy atom. The van der Waals surface area contributed by atoms with Gasteiger partial charge in [-0.1, -0.05) is 11.6 Å². The summed E-state index contributed by atoms with van der Waals surface area (Å²) in [4.78, 5) is 10.8. The molecule has 0 amide bonds. The highest BCUT2D eigenvalue weighted by Crippen LogP contribution is 2.39. The average molecular weight is 662 g/mol. The molecule has 0 bridgehead atoms. The van der Waals surface area contributed by atoms with Crippen molar-refractivity contribution in [3.8, 4) is 11.1 Å². The number of halogens is 4. The molecule has 9 nitrogen and oxygen atoms in total. The summed E-state index contributed by atoms with van der Waals surface area (Å²) < 4.78 is 80.4. The molecule has 2 aliphatic rings. The summed E-state index contributed by atoms with van der Waals surface area (Å²) in [6.45, 7) is 3.32. The van der Waals surface area contributed by atoms with Gasteiger partial charge in [0.1, 0.15) is 11.6 Å². The predicted molar refractivity (Wildman–Crippen MR) is 165 cm³/mol. The molecule has 1 aliphatic carbocycles. The van der Waals surface area contributed by atoms with Gasteiger partial charge in [-0.15, -0.1) is 0 Å². The zero-order chi connectivity index (χ0) is 31.9. The van der Waals surface area contributed by atoms with Crippen LogP contribution in [0.5, 0.6) is 0 Å². The van der Waals surface area contributed by atoms with Gasteiger partial charge in [0, 0.05) is 61.0 Å². The van der Waals surface area contributed by atoms with E-state index >= 15 is 13.2 Å². The average Bonchev–Trinajstić information content (AvgIpc) is 3.38. The minimum Gasteiger partial charge on any atom is -0.388 e. The largest absolute Gasteiger partial charge is 0.388 e. The van der Waals surface area contributed by atoms with E-state index in [2.05, 4.69) is 24.9 Å². The maximum atomic E-state index is 15.8. The maximum absolute atomic E-state index is 15.8. The van der Waals surface area contributed by atoms with E-state index in [1.165, 1.54) is 24.4 Å². The Bertz CT molecular complexity index is 1870. The highest BCUT2D eigenvalue weighted by atomic mass is 35.5. The van der Waals surface area contributed by atoms with Crippen molar-refractivity contribution < 1.29 is 31.4 Å². The number of nitrogens with zero attached hydrogens (tertiary/aromatic N) is 3. The molecular weight excluding hydrogens is 631 g/mol. The molecule has 0 spiro atoms. The Kier molecular flexibility index (Phi) is 8.90. The lowest BCUT2D eigenvalue weighted by atomic mass is 10.0. The van der Waals surface area contributed by atoms with E-state index in [4.69, 9.17) is 16.3 Å². The van der Waals surface area contributed by atoms with Crippen molar-refractivity contribution in [2.45, 2.75) is 42.7 Å². The van der Waals surface area contributed by atoms with Crippen molar-refractivity contribution in [2.75, 3.05) is 43.4 Å². The lowest BCUT2D eigenvalue weighted by molar-refractivity contribution is 0.132. The van der Waals surface area contributed by atoms with E-state index in [1.54, 1.807) is 7.11 Å². The summed E-state index contributed by atoms with van der Waals surface area (Å²) >= 11 is 6.12. The molecule has 3 N–H and O–H groups in total. The highest BCUT2D eigenvalue weighted by Gasteiger charge is 2.30. The molecule has 2 heterocycles. The third-order valence-electron chi connectivity index (χ3n) is 8.33. The molecule has 14 heteroatoms. The lowest BCUT2D eigenvalue weighted by Crippen LogP contribution is -2.40. The van der Waals surface area contributed by atoms with Gasteiger partial charge < -0.3 is 20.1 Å². The predicted octanol–water partition coefficient (Wildman–Crippen LogP) is 5.67. The van der Waals surface area contributed by atoms with Crippen LogP contribution < -0.4 is 10.0 Å². The van der Waals surface area contributed by atoms with Crippen molar-refractivity contribution in [3.63, 3.8) is 0 Å². The van der Waals surface area contributed by atoms with Crippen molar-refractivity contribution in [3.05, 3.63) is 76.2 Å². The molecule has 1 saturated heterocycles. The molecule has 1 fully saturated rings. The van der Waals surface area contributed by atoms with Crippen LogP contribution in [0.3, 0.4) is 0 Å². The number of aromatic nitrogens is 2. The minimum absolute atomic E-state index is 0.0810. The summed E-state index contributed by atoms with van der Waals surface area (Å²) in [6, 6.07) is 6.92. The van der Waals surface area contributed by atoms with Gasteiger partial charge in [-0.2, -0.15) is 0 Å². The molecule has 1 atom stereocenters. The van der Waals surface area contributed by atoms with Gasteiger partial charge in [-0.25, -0.2) is 31.6 Å². The third kappa shape index (κ3) is 6.45. The number of piperidine rings is 1. The first-order valence-corrected chi connectivity index (χ1v) is 16.4. The van der Waals surface area contributed by atoms with Gasteiger partial charge in [-0.3, -0.25) is 4.72 Å². The van der Waals surface area contributed by atoms with E-state index in [0.29, 0.717) is 35.5 Å². The second kappa shape index (κ2) is 12.7. The van der Waals surface area contributed by atoms with Crippen LogP contribution in [0.2, 0.25) is 5.02 Å². The summed E-state index contributed by atoms with van der Waals surface area (Å²) in [5.41, 5.74) is -0.764. The zero-order valence-electron chi connectivity index (χ0n) is 24.3. The van der Waals surface area contributed by atoms with Gasteiger partial charge in [-0.05, 0) is 67.1 Å². The van der Waals surface area contributed by atoms with Crippen LogP contribution in [-0.4, -0.2) is 67.8 Å². The van der Waals surface area contributed by atoms with E-state index in [-0.39, 0.29) is 27.9 Å². The number of nitrogens with one attached hydrogen (secondary N) is 2. The molecule has 45 heavy (non-hydrogen) atoms. The second-order valence-corrected chi connectivity index (χ2v) is 13.3. The smallest absolute Gasteiger partial charge is 0.262 e. The van der Waals surface area contributed by atoms with E-state index in [1.807, 2.05) is 0 Å². The van der Waals surface area contributed by atoms with Crippen LogP contribution in [0.4, 0.5) is 24.8 Å². The molecule has 1 aromatic heterocycles. The Balaban J connectivity index is 1.26. The Hall–Kier alpha value is -3.49. The van der Waals surface area contributed by atoms with Crippen molar-refractivity contribution in [1.82, 2.24) is 14.9 Å². The number of likely N-dealkylation sites (tertiary alicyclic amines) is 1. The SMILES string of the molecule is COCCN1CCC(Nc2ncc3cc(-c4c(F)ccc(NS(=O)(=O)c5cc(Cl)cc6c5CCC6O)c4F)c(F)cc3n2)CC1. The molecular formula is C31H31ClF3N5O4S. The van der Waals surface area contributed by atoms with Crippen LogP contribution in [-0.2, 0) is 21.2 Å². The van der Waals surface area contributed by atoms with Crippen LogP contribution in [0.25, 0.3) is 22.0 Å². The quantitative estimate of drug-likeness (QED) is 0.210. The monoisotopic (exact) mass is 661 g/mol. The second-order valence-electron chi connectivity index (χ2n) is 11.3. The number of benzene rings is 3. The molecule has 1 unspecified atom stereocenters. The zero-order valence-corrected chi connectivity index (χ0v) is 25.9. The van der Waals surface area contributed by atoms with Gasteiger partial charge in [0.15, 0.2) is 5.82 Å². The number of rotatable bonds is 9. The maximum Gasteiger partial charge on any atom is 0.262 e. The van der Waals surface area contributed by atoms with Crippen molar-refractivity contribution in [2.24, 2.45) is 0 Å². The third-order valence-corrected chi connectivity index (χ3v) is 9.98. The fourth-order valence-corrected chi connectivity index (χ4v) is 7.64. The molecule has 0 saturated carbocycles. The summed E-state index contributed by atoms with van der Waals surface area (Å²) in [7, 11) is -2.75. The topological polar surface area (TPSA) is 117 Å².